The number of benzene rings is 1. The molecule has 1 aliphatic rings. The Morgan fingerprint density at radius 3 is 2.80 bits per heavy atom. The van der Waals surface area contributed by atoms with Crippen LogP contribution >= 0.6 is 0 Å². The number of nitrogens with one attached hydrogen (secondary N) is 3. The molecule has 4 rings (SSSR count). The first-order valence-electron chi connectivity index (χ1n) is 8.25. The van der Waals surface area contributed by atoms with Gasteiger partial charge in [0.05, 0.1) is 17.2 Å². The van der Waals surface area contributed by atoms with Gasteiger partial charge in [0.1, 0.15) is 5.82 Å². The van der Waals surface area contributed by atoms with E-state index < -0.39 is 11.6 Å². The van der Waals surface area contributed by atoms with E-state index in [9.17, 15) is 9.18 Å². The molecule has 3 aromatic rings. The van der Waals surface area contributed by atoms with Crippen LogP contribution in [-0.2, 0) is 4.79 Å². The number of aromatic amines is 1. The third-order valence-electron chi connectivity index (χ3n) is 4.44. The largest absolute Gasteiger partial charge is 0.337 e. The molecule has 0 aliphatic carbocycles. The second-order valence-corrected chi connectivity index (χ2v) is 6.26. The molecule has 0 spiro atoms. The fourth-order valence-electron chi connectivity index (χ4n) is 3.01. The maximum Gasteiger partial charge on any atom is 0.263 e. The summed E-state index contributed by atoms with van der Waals surface area (Å²) in [6, 6.07) is 9.01. The first-order chi connectivity index (χ1) is 12.1. The van der Waals surface area contributed by atoms with Gasteiger partial charge in [-0.3, -0.25) is 9.78 Å². The number of nitrogens with zero attached hydrogens (tertiary/aromatic N) is 2. The van der Waals surface area contributed by atoms with Crippen molar-refractivity contribution in [3.05, 3.63) is 42.7 Å². The Morgan fingerprint density at radius 1 is 1.24 bits per heavy atom. The number of carbonyl (C=O) groups is 1. The summed E-state index contributed by atoms with van der Waals surface area (Å²) in [4.78, 5) is 24.0. The van der Waals surface area contributed by atoms with E-state index in [2.05, 4.69) is 25.6 Å². The molecule has 3 heterocycles. The number of H-pyrrole nitrogens is 1. The van der Waals surface area contributed by atoms with Gasteiger partial charge in [-0.1, -0.05) is 0 Å². The molecule has 0 radical (unpaired) electrons. The van der Waals surface area contributed by atoms with Crippen LogP contribution in [0, 0.1) is 0 Å². The van der Waals surface area contributed by atoms with Crippen molar-refractivity contribution < 1.29 is 9.18 Å². The average molecular weight is 339 g/mol. The summed E-state index contributed by atoms with van der Waals surface area (Å²) in [6.07, 6.45) is 4.32. The summed E-state index contributed by atoms with van der Waals surface area (Å²) in [6.45, 7) is 0.810. The Labute approximate surface area is 143 Å². The van der Waals surface area contributed by atoms with E-state index in [4.69, 9.17) is 0 Å². The van der Waals surface area contributed by atoms with Crippen molar-refractivity contribution in [2.75, 3.05) is 18.4 Å². The monoisotopic (exact) mass is 339 g/mol. The number of pyridine rings is 1. The van der Waals surface area contributed by atoms with Crippen LogP contribution in [0.3, 0.4) is 0 Å². The van der Waals surface area contributed by atoms with Gasteiger partial charge in [-0.05, 0) is 49.7 Å². The van der Waals surface area contributed by atoms with Crippen LogP contribution in [0.25, 0.3) is 22.4 Å². The summed E-state index contributed by atoms with van der Waals surface area (Å²) in [5.74, 6) is 0.126. The number of alkyl halides is 1. The molecule has 1 saturated heterocycles. The number of carbonyl (C=O) groups excluding carboxylic acids is 1. The van der Waals surface area contributed by atoms with E-state index in [1.807, 2.05) is 18.2 Å². The van der Waals surface area contributed by atoms with Crippen molar-refractivity contribution in [2.24, 2.45) is 0 Å². The summed E-state index contributed by atoms with van der Waals surface area (Å²) in [5.41, 5.74) is 1.30. The highest BCUT2D eigenvalue weighted by Crippen LogP contribution is 2.25. The number of imidazole rings is 1. The fraction of sp³-hybridized carbons (Fsp3) is 0.278. The highest BCUT2D eigenvalue weighted by Gasteiger charge is 2.39. The van der Waals surface area contributed by atoms with E-state index in [1.165, 1.54) is 0 Å². The zero-order chi connectivity index (χ0) is 17.3. The fourth-order valence-corrected chi connectivity index (χ4v) is 3.01. The number of hydrogen-bond donors (Lipinski definition) is 3. The lowest BCUT2D eigenvalue weighted by molar-refractivity contribution is -0.128. The normalized spacial score (nSPS) is 20.5. The van der Waals surface area contributed by atoms with Gasteiger partial charge in [0.2, 0.25) is 5.67 Å². The Kier molecular flexibility index (Phi) is 3.93. The Balaban J connectivity index is 1.51. The molecule has 3 N–H and O–H groups in total. The minimum absolute atomic E-state index is 0.0595. The SMILES string of the molecule is O=C(Nc1ccc(-c2nc3ccncc3[nH]2)cc1)C1(F)CCCNC1. The Bertz CT molecular complexity index is 866. The van der Waals surface area contributed by atoms with Crippen molar-refractivity contribution in [1.29, 1.82) is 0 Å². The van der Waals surface area contributed by atoms with Crippen molar-refractivity contribution >= 4 is 22.6 Å². The molecule has 0 bridgehead atoms. The molecule has 0 saturated carbocycles. The van der Waals surface area contributed by atoms with Crippen LogP contribution < -0.4 is 10.6 Å². The summed E-state index contributed by atoms with van der Waals surface area (Å²) >= 11 is 0. The molecule has 1 fully saturated rings. The van der Waals surface area contributed by atoms with Gasteiger partial charge in [-0.2, -0.15) is 0 Å². The van der Waals surface area contributed by atoms with Crippen LogP contribution in [0.1, 0.15) is 12.8 Å². The van der Waals surface area contributed by atoms with Crippen LogP contribution in [0.2, 0.25) is 0 Å². The quantitative estimate of drug-likeness (QED) is 0.685. The number of piperidine rings is 1. The number of fused-ring (bicyclic) bond motifs is 1. The third kappa shape index (κ3) is 3.10. The van der Waals surface area contributed by atoms with Crippen molar-refractivity contribution in [3.8, 4) is 11.4 Å². The second kappa shape index (κ2) is 6.25. The summed E-state index contributed by atoms with van der Waals surface area (Å²) in [7, 11) is 0. The molecule has 1 unspecified atom stereocenters. The van der Waals surface area contributed by atoms with Gasteiger partial charge >= 0.3 is 0 Å². The van der Waals surface area contributed by atoms with Gasteiger partial charge in [-0.15, -0.1) is 0 Å². The number of amides is 1. The highest BCUT2D eigenvalue weighted by molar-refractivity contribution is 5.97. The van der Waals surface area contributed by atoms with E-state index in [0.29, 0.717) is 12.1 Å². The predicted molar refractivity (Wildman–Crippen MR) is 93.9 cm³/mol. The topological polar surface area (TPSA) is 82.7 Å². The molecule has 1 amide bonds. The van der Waals surface area contributed by atoms with E-state index in [-0.39, 0.29) is 13.0 Å². The number of hydrogen-bond acceptors (Lipinski definition) is 4. The Hall–Kier alpha value is -2.80. The molecule has 6 nitrogen and oxygen atoms in total. The van der Waals surface area contributed by atoms with Gasteiger partial charge < -0.3 is 15.6 Å². The van der Waals surface area contributed by atoms with Gasteiger partial charge in [0, 0.05) is 24.0 Å². The lowest BCUT2D eigenvalue weighted by Crippen LogP contribution is -2.50. The van der Waals surface area contributed by atoms with Crippen molar-refractivity contribution in [2.45, 2.75) is 18.5 Å². The molecular weight excluding hydrogens is 321 g/mol. The zero-order valence-corrected chi connectivity index (χ0v) is 13.6. The maximum atomic E-state index is 14.6. The predicted octanol–water partition coefficient (Wildman–Crippen LogP) is 2.66. The lowest BCUT2D eigenvalue weighted by Gasteiger charge is -2.28. The minimum atomic E-state index is -1.84. The van der Waals surface area contributed by atoms with Crippen LogP contribution in [-0.4, -0.2) is 39.6 Å². The molecule has 128 valence electrons. The first kappa shape index (κ1) is 15.7. The van der Waals surface area contributed by atoms with Gasteiger partial charge in [0.15, 0.2) is 0 Å². The molecule has 25 heavy (non-hydrogen) atoms. The first-order valence-corrected chi connectivity index (χ1v) is 8.25. The van der Waals surface area contributed by atoms with Crippen molar-refractivity contribution in [3.63, 3.8) is 0 Å². The molecule has 1 aliphatic heterocycles. The van der Waals surface area contributed by atoms with E-state index in [0.717, 1.165) is 29.0 Å². The standard InChI is InChI=1S/C18H18FN5O/c19-18(7-1-8-21-11-18)17(25)22-13-4-2-12(3-5-13)16-23-14-6-9-20-10-15(14)24-16/h2-6,9-10,21H,1,7-8,11H2,(H,22,25)(H,23,24). The number of aromatic nitrogens is 3. The van der Waals surface area contributed by atoms with Crippen LogP contribution in [0.15, 0.2) is 42.7 Å². The maximum absolute atomic E-state index is 14.6. The van der Waals surface area contributed by atoms with Gasteiger partial charge in [0.25, 0.3) is 5.91 Å². The van der Waals surface area contributed by atoms with E-state index in [1.54, 1.807) is 24.5 Å². The van der Waals surface area contributed by atoms with E-state index >= 15 is 0 Å². The molecule has 1 atom stereocenters. The lowest BCUT2D eigenvalue weighted by atomic mass is 9.95. The molecule has 7 heteroatoms. The number of rotatable bonds is 3. The number of anilines is 1. The third-order valence-corrected chi connectivity index (χ3v) is 4.44. The minimum Gasteiger partial charge on any atom is -0.337 e. The van der Waals surface area contributed by atoms with Crippen molar-refractivity contribution in [1.82, 2.24) is 20.3 Å². The second-order valence-electron chi connectivity index (χ2n) is 6.26. The Morgan fingerprint density at radius 2 is 2.08 bits per heavy atom. The van der Waals surface area contributed by atoms with Gasteiger partial charge in [-0.25, -0.2) is 9.37 Å². The summed E-state index contributed by atoms with van der Waals surface area (Å²) < 4.78 is 14.6. The number of halogens is 1. The smallest absolute Gasteiger partial charge is 0.263 e. The highest BCUT2D eigenvalue weighted by atomic mass is 19.1. The zero-order valence-electron chi connectivity index (χ0n) is 13.6. The van der Waals surface area contributed by atoms with Crippen LogP contribution in [0.5, 0.6) is 0 Å². The average Bonchev–Trinajstić information content (AvgIpc) is 3.07. The molecular formula is C18H18FN5O. The molecule has 1 aromatic carbocycles. The molecule has 2 aromatic heterocycles. The van der Waals surface area contributed by atoms with Crippen LogP contribution in [0.4, 0.5) is 10.1 Å². The summed E-state index contributed by atoms with van der Waals surface area (Å²) in [5, 5.41) is 5.59.